The molecule has 0 aliphatic carbocycles. The molecule has 0 spiro atoms. The molecule has 0 radical (unpaired) electrons. The van der Waals surface area contributed by atoms with Crippen molar-refractivity contribution in [3.63, 3.8) is 0 Å². The Labute approximate surface area is 138 Å². The quantitative estimate of drug-likeness (QED) is 0.777. The third-order valence-corrected chi connectivity index (χ3v) is 8.04. The Morgan fingerprint density at radius 3 is 2.30 bits per heavy atom. The minimum Gasteiger partial charge on any atom is -0.332 e. The fourth-order valence-electron chi connectivity index (χ4n) is 3.25. The van der Waals surface area contributed by atoms with Crippen molar-refractivity contribution in [2.45, 2.75) is 45.2 Å². The van der Waals surface area contributed by atoms with Gasteiger partial charge in [0, 0.05) is 12.6 Å². The minimum atomic E-state index is -3.12. The second-order valence-corrected chi connectivity index (χ2v) is 11.8. The molecule has 0 saturated carbocycles. The maximum Gasteiger partial charge on any atom is 0.318 e. The SMILES string of the molecule is CC(C)CN(C(=O)N[C@]1(C)CCS(=O)(=O)C1)[C@@H]1CCS(=O)(=O)C1. The molecule has 2 atom stereocenters. The van der Waals surface area contributed by atoms with Crippen LogP contribution in [0.25, 0.3) is 0 Å². The van der Waals surface area contributed by atoms with E-state index < -0.39 is 25.2 Å². The van der Waals surface area contributed by atoms with Crippen molar-refractivity contribution in [3.8, 4) is 0 Å². The zero-order valence-electron chi connectivity index (χ0n) is 13.9. The van der Waals surface area contributed by atoms with Crippen LogP contribution in [0.2, 0.25) is 0 Å². The number of nitrogens with one attached hydrogen (secondary N) is 1. The van der Waals surface area contributed by atoms with E-state index >= 15 is 0 Å². The molecular formula is C14H26N2O5S2. The Balaban J connectivity index is 2.11. The molecule has 1 N–H and O–H groups in total. The van der Waals surface area contributed by atoms with Gasteiger partial charge in [0.2, 0.25) is 0 Å². The number of carbonyl (C=O) groups is 1. The van der Waals surface area contributed by atoms with Crippen molar-refractivity contribution in [1.82, 2.24) is 10.2 Å². The van der Waals surface area contributed by atoms with Crippen LogP contribution >= 0.6 is 0 Å². The van der Waals surface area contributed by atoms with Gasteiger partial charge in [0.1, 0.15) is 0 Å². The van der Waals surface area contributed by atoms with Gasteiger partial charge in [-0.2, -0.15) is 0 Å². The van der Waals surface area contributed by atoms with Crippen molar-refractivity contribution in [2.24, 2.45) is 5.92 Å². The highest BCUT2D eigenvalue weighted by molar-refractivity contribution is 7.92. The molecule has 2 aliphatic rings. The number of nitrogens with zero attached hydrogens (tertiary/aromatic N) is 1. The monoisotopic (exact) mass is 366 g/mol. The summed E-state index contributed by atoms with van der Waals surface area (Å²) < 4.78 is 46.8. The second kappa shape index (κ2) is 6.23. The fraction of sp³-hybridized carbons (Fsp3) is 0.929. The van der Waals surface area contributed by atoms with Gasteiger partial charge in [-0.25, -0.2) is 21.6 Å². The molecule has 9 heteroatoms. The van der Waals surface area contributed by atoms with Crippen LogP contribution in [0.4, 0.5) is 4.79 Å². The molecule has 2 aliphatic heterocycles. The number of hydrogen-bond donors (Lipinski definition) is 1. The van der Waals surface area contributed by atoms with E-state index in [1.165, 1.54) is 0 Å². The van der Waals surface area contributed by atoms with Crippen LogP contribution in [0.5, 0.6) is 0 Å². The van der Waals surface area contributed by atoms with Crippen molar-refractivity contribution >= 4 is 25.7 Å². The summed E-state index contributed by atoms with van der Waals surface area (Å²) in [4.78, 5) is 14.2. The Hall–Kier alpha value is -0.830. The van der Waals surface area contributed by atoms with Crippen LogP contribution < -0.4 is 5.32 Å². The molecule has 2 rings (SSSR count). The third-order valence-electron chi connectivity index (χ3n) is 4.38. The van der Waals surface area contributed by atoms with Crippen LogP contribution in [-0.2, 0) is 19.7 Å². The van der Waals surface area contributed by atoms with Crippen LogP contribution in [0.1, 0.15) is 33.6 Å². The maximum atomic E-state index is 12.7. The number of sulfone groups is 2. The topological polar surface area (TPSA) is 101 Å². The van der Waals surface area contributed by atoms with Crippen LogP contribution in [-0.4, -0.2) is 68.9 Å². The zero-order chi connectivity index (χ0) is 17.5. The summed E-state index contributed by atoms with van der Waals surface area (Å²) in [5, 5.41) is 2.83. The summed E-state index contributed by atoms with van der Waals surface area (Å²) in [6, 6.07) is -0.690. The molecule has 134 valence electrons. The first-order valence-electron chi connectivity index (χ1n) is 7.91. The van der Waals surface area contributed by atoms with Gasteiger partial charge in [-0.15, -0.1) is 0 Å². The summed E-state index contributed by atoms with van der Waals surface area (Å²) in [6.45, 7) is 6.11. The van der Waals surface area contributed by atoms with Crippen molar-refractivity contribution in [1.29, 1.82) is 0 Å². The summed E-state index contributed by atoms with van der Waals surface area (Å²) in [7, 11) is -6.20. The van der Waals surface area contributed by atoms with E-state index in [-0.39, 0.29) is 41.0 Å². The van der Waals surface area contributed by atoms with Gasteiger partial charge in [-0.05, 0) is 25.7 Å². The summed E-state index contributed by atoms with van der Waals surface area (Å²) in [6.07, 6.45) is 0.830. The van der Waals surface area contributed by atoms with E-state index in [0.29, 0.717) is 19.4 Å². The van der Waals surface area contributed by atoms with Gasteiger partial charge in [-0.3, -0.25) is 0 Å². The van der Waals surface area contributed by atoms with Gasteiger partial charge >= 0.3 is 6.03 Å². The third kappa shape index (κ3) is 4.82. The molecule has 0 unspecified atom stereocenters. The lowest BCUT2D eigenvalue weighted by Crippen LogP contribution is -2.55. The number of rotatable bonds is 4. The minimum absolute atomic E-state index is 0.0118. The highest BCUT2D eigenvalue weighted by Crippen LogP contribution is 2.25. The Bertz CT molecular complexity index is 671. The van der Waals surface area contributed by atoms with Crippen LogP contribution in [0.3, 0.4) is 0 Å². The Morgan fingerprint density at radius 2 is 1.87 bits per heavy atom. The summed E-state index contributed by atoms with van der Waals surface area (Å²) in [5.74, 6) is 0.299. The largest absolute Gasteiger partial charge is 0.332 e. The lowest BCUT2D eigenvalue weighted by atomic mass is 10.0. The first-order chi connectivity index (χ1) is 10.4. The highest BCUT2D eigenvalue weighted by Gasteiger charge is 2.42. The molecule has 2 fully saturated rings. The average Bonchev–Trinajstić information content (AvgIpc) is 2.85. The molecule has 2 saturated heterocycles. The molecule has 7 nitrogen and oxygen atoms in total. The van der Waals surface area contributed by atoms with Gasteiger partial charge < -0.3 is 10.2 Å². The number of hydrogen-bond acceptors (Lipinski definition) is 5. The van der Waals surface area contributed by atoms with Gasteiger partial charge in [0.15, 0.2) is 19.7 Å². The smallest absolute Gasteiger partial charge is 0.318 e. The van der Waals surface area contributed by atoms with E-state index in [9.17, 15) is 21.6 Å². The molecule has 0 aromatic rings. The predicted octanol–water partition coefficient (Wildman–Crippen LogP) is 0.418. The zero-order valence-corrected chi connectivity index (χ0v) is 15.5. The van der Waals surface area contributed by atoms with Crippen molar-refractivity contribution < 1.29 is 21.6 Å². The van der Waals surface area contributed by atoms with E-state index in [2.05, 4.69) is 5.32 Å². The van der Waals surface area contributed by atoms with Gasteiger partial charge in [-0.1, -0.05) is 13.8 Å². The standard InChI is InChI=1S/C14H26N2O5S2/c1-11(2)8-16(12-4-6-22(18,19)9-12)13(17)15-14(3)5-7-23(20,21)10-14/h11-12H,4-10H2,1-3H3,(H,15,17)/t12-,14-/m1/s1. The molecule has 0 aromatic heterocycles. The first-order valence-corrected chi connectivity index (χ1v) is 11.6. The lowest BCUT2D eigenvalue weighted by molar-refractivity contribution is 0.162. The lowest BCUT2D eigenvalue weighted by Gasteiger charge is -2.34. The fourth-order valence-corrected chi connectivity index (χ4v) is 7.08. The summed E-state index contributed by atoms with van der Waals surface area (Å²) >= 11 is 0. The number of amides is 2. The van der Waals surface area contributed by atoms with Gasteiger partial charge in [0.25, 0.3) is 0 Å². The van der Waals surface area contributed by atoms with Crippen LogP contribution in [0, 0.1) is 5.92 Å². The molecule has 23 heavy (non-hydrogen) atoms. The molecule has 2 amide bonds. The normalized spacial score (nSPS) is 32.1. The molecular weight excluding hydrogens is 340 g/mol. The predicted molar refractivity (Wildman–Crippen MR) is 88.8 cm³/mol. The van der Waals surface area contributed by atoms with E-state index in [0.717, 1.165) is 0 Å². The Morgan fingerprint density at radius 1 is 1.22 bits per heavy atom. The first kappa shape index (κ1) is 18.5. The second-order valence-electron chi connectivity index (χ2n) is 7.44. The highest BCUT2D eigenvalue weighted by atomic mass is 32.2. The van der Waals surface area contributed by atoms with Gasteiger partial charge in [0.05, 0.1) is 28.6 Å². The van der Waals surface area contributed by atoms with Crippen molar-refractivity contribution in [2.75, 3.05) is 29.6 Å². The van der Waals surface area contributed by atoms with E-state index in [1.54, 1.807) is 11.8 Å². The number of carbonyl (C=O) groups excluding carboxylic acids is 1. The number of urea groups is 1. The molecule has 0 aromatic carbocycles. The maximum absolute atomic E-state index is 12.7. The molecule has 2 heterocycles. The van der Waals surface area contributed by atoms with Crippen molar-refractivity contribution in [3.05, 3.63) is 0 Å². The average molecular weight is 367 g/mol. The van der Waals surface area contributed by atoms with E-state index in [4.69, 9.17) is 0 Å². The Kier molecular flexibility index (Phi) is 5.02. The molecule has 0 bridgehead atoms. The van der Waals surface area contributed by atoms with E-state index in [1.807, 2.05) is 13.8 Å². The van der Waals surface area contributed by atoms with Crippen LogP contribution in [0.15, 0.2) is 0 Å². The summed E-state index contributed by atoms with van der Waals surface area (Å²) in [5.41, 5.74) is -0.775.